The Morgan fingerprint density at radius 3 is 2.45 bits per heavy atom. The lowest BCUT2D eigenvalue weighted by molar-refractivity contribution is -0.136. The van der Waals surface area contributed by atoms with Crippen molar-refractivity contribution in [1.29, 1.82) is 0 Å². The molecule has 116 valence electrons. The summed E-state index contributed by atoms with van der Waals surface area (Å²) in [5.41, 5.74) is 3.45. The lowest BCUT2D eigenvalue weighted by Crippen LogP contribution is -2.13. The molecule has 0 amide bonds. The Morgan fingerprint density at radius 2 is 1.91 bits per heavy atom. The van der Waals surface area contributed by atoms with Crippen LogP contribution >= 0.6 is 0 Å². The lowest BCUT2D eigenvalue weighted by Gasteiger charge is -2.10. The van der Waals surface area contributed by atoms with Crippen LogP contribution in [0.5, 0.6) is 5.75 Å². The van der Waals surface area contributed by atoms with E-state index >= 15 is 0 Å². The molecule has 2 aromatic rings. The molecule has 5 heteroatoms. The number of methoxy groups -OCH3 is 1. The topological polar surface area (TPSA) is 68.5 Å². The van der Waals surface area contributed by atoms with Crippen LogP contribution in [0.2, 0.25) is 0 Å². The number of ether oxygens (including phenoxy) is 1. The average Bonchev–Trinajstić information content (AvgIpc) is 2.74. The van der Waals surface area contributed by atoms with Crippen LogP contribution in [0.4, 0.5) is 0 Å². The van der Waals surface area contributed by atoms with Crippen LogP contribution in [0, 0.1) is 13.8 Å². The smallest absolute Gasteiger partial charge is 0.309 e. The van der Waals surface area contributed by atoms with E-state index in [1.807, 2.05) is 26.0 Å². The second-order valence-corrected chi connectivity index (χ2v) is 5.33. The normalized spacial score (nSPS) is 10.5. The molecule has 22 heavy (non-hydrogen) atoms. The third-order valence-corrected chi connectivity index (χ3v) is 3.69. The summed E-state index contributed by atoms with van der Waals surface area (Å²) >= 11 is 0. The monoisotopic (exact) mass is 301 g/mol. The van der Waals surface area contributed by atoms with Crippen molar-refractivity contribution in [3.05, 3.63) is 52.3 Å². The van der Waals surface area contributed by atoms with Gasteiger partial charge in [0.1, 0.15) is 11.4 Å². The Kier molecular flexibility index (Phi) is 4.35. The minimum absolute atomic E-state index is 0.160. The minimum Gasteiger partial charge on any atom is -0.494 e. The molecule has 0 spiro atoms. The van der Waals surface area contributed by atoms with Gasteiger partial charge in [0.25, 0.3) is 0 Å². The molecule has 0 aliphatic carbocycles. The molecule has 0 atom stereocenters. The van der Waals surface area contributed by atoms with E-state index in [4.69, 9.17) is 9.84 Å². The Hall–Kier alpha value is -2.56. The number of hydrogen-bond donors (Lipinski definition) is 1. The zero-order chi connectivity index (χ0) is 16.4. The molecule has 0 saturated heterocycles. The van der Waals surface area contributed by atoms with E-state index in [-0.39, 0.29) is 12.2 Å². The Bertz CT molecular complexity index is 743. The number of carboxylic acid groups (broad SMARTS) is 1. The van der Waals surface area contributed by atoms with Crippen LogP contribution in [-0.4, -0.2) is 28.5 Å². The first-order valence-electron chi connectivity index (χ1n) is 6.91. The summed E-state index contributed by atoms with van der Waals surface area (Å²) in [6.07, 6.45) is -0.160. The third-order valence-electron chi connectivity index (χ3n) is 3.69. The molecule has 1 aromatic carbocycles. The van der Waals surface area contributed by atoms with Gasteiger partial charge in [-0.05, 0) is 19.4 Å². The number of aryl methyl sites for hydroxylation is 2. The molecule has 1 heterocycles. The molecule has 1 N–H and O–H groups in total. The van der Waals surface area contributed by atoms with E-state index in [2.05, 4.69) is 0 Å². The lowest BCUT2D eigenvalue weighted by atomic mass is 10.0. The van der Waals surface area contributed by atoms with Crippen LogP contribution in [-0.2, 0) is 18.3 Å². The van der Waals surface area contributed by atoms with E-state index in [1.54, 1.807) is 23.7 Å². The van der Waals surface area contributed by atoms with Crippen molar-refractivity contribution in [3.63, 3.8) is 0 Å². The standard InChI is InChI=1S/C17H19NO4/c1-10-5-6-13(11(2)7-10)17(21)16-14(22-4)8-12(18(16)3)9-15(19)20/h5-8H,9H2,1-4H3,(H,19,20). The first-order chi connectivity index (χ1) is 10.3. The number of nitrogens with zero attached hydrogens (tertiary/aromatic N) is 1. The Morgan fingerprint density at radius 1 is 1.23 bits per heavy atom. The Balaban J connectivity index is 2.53. The fourth-order valence-corrected chi connectivity index (χ4v) is 2.57. The van der Waals surface area contributed by atoms with E-state index in [1.165, 1.54) is 7.11 Å². The van der Waals surface area contributed by atoms with E-state index in [0.29, 0.717) is 22.7 Å². The van der Waals surface area contributed by atoms with Gasteiger partial charge < -0.3 is 14.4 Å². The minimum atomic E-state index is -0.950. The summed E-state index contributed by atoms with van der Waals surface area (Å²) in [6.45, 7) is 3.85. The van der Waals surface area contributed by atoms with Crippen molar-refractivity contribution in [1.82, 2.24) is 4.57 Å². The van der Waals surface area contributed by atoms with Gasteiger partial charge >= 0.3 is 5.97 Å². The number of carbonyl (C=O) groups excluding carboxylic acids is 1. The van der Waals surface area contributed by atoms with Gasteiger partial charge in [0.2, 0.25) is 5.78 Å². The molecule has 0 radical (unpaired) electrons. The van der Waals surface area contributed by atoms with Gasteiger partial charge in [-0.2, -0.15) is 0 Å². The highest BCUT2D eigenvalue weighted by Crippen LogP contribution is 2.27. The molecule has 0 aliphatic heterocycles. The number of ketones is 1. The average molecular weight is 301 g/mol. The number of benzene rings is 1. The highest BCUT2D eigenvalue weighted by molar-refractivity contribution is 6.10. The Labute approximate surface area is 129 Å². The van der Waals surface area contributed by atoms with E-state index < -0.39 is 5.97 Å². The van der Waals surface area contributed by atoms with Gasteiger partial charge in [0.05, 0.1) is 13.5 Å². The fourth-order valence-electron chi connectivity index (χ4n) is 2.57. The SMILES string of the molecule is COc1cc(CC(=O)O)n(C)c1C(=O)c1ccc(C)cc1C. The zero-order valence-corrected chi connectivity index (χ0v) is 13.1. The van der Waals surface area contributed by atoms with Crippen LogP contribution in [0.15, 0.2) is 24.3 Å². The maximum atomic E-state index is 12.8. The number of rotatable bonds is 5. The van der Waals surface area contributed by atoms with E-state index in [0.717, 1.165) is 11.1 Å². The second-order valence-electron chi connectivity index (χ2n) is 5.33. The summed E-state index contributed by atoms with van der Waals surface area (Å²) in [6, 6.07) is 7.22. The van der Waals surface area contributed by atoms with Crippen molar-refractivity contribution in [2.75, 3.05) is 7.11 Å². The summed E-state index contributed by atoms with van der Waals surface area (Å²) in [4.78, 5) is 23.8. The summed E-state index contributed by atoms with van der Waals surface area (Å²) in [5.74, 6) is -0.731. The summed E-state index contributed by atoms with van der Waals surface area (Å²) in [5, 5.41) is 8.96. The predicted molar refractivity (Wildman–Crippen MR) is 82.7 cm³/mol. The van der Waals surface area contributed by atoms with Crippen molar-refractivity contribution in [3.8, 4) is 5.75 Å². The van der Waals surface area contributed by atoms with Gasteiger partial charge in [0, 0.05) is 24.4 Å². The molecule has 0 bridgehead atoms. The highest BCUT2D eigenvalue weighted by Gasteiger charge is 2.23. The number of carbonyl (C=O) groups is 2. The van der Waals surface area contributed by atoms with Crippen molar-refractivity contribution < 1.29 is 19.4 Å². The van der Waals surface area contributed by atoms with E-state index in [9.17, 15) is 9.59 Å². The largest absolute Gasteiger partial charge is 0.494 e. The molecule has 0 saturated carbocycles. The van der Waals surface area contributed by atoms with Crippen LogP contribution in [0.1, 0.15) is 32.9 Å². The highest BCUT2D eigenvalue weighted by atomic mass is 16.5. The zero-order valence-electron chi connectivity index (χ0n) is 13.1. The number of aliphatic carboxylic acids is 1. The van der Waals surface area contributed by atoms with Crippen LogP contribution in [0.3, 0.4) is 0 Å². The first kappa shape index (κ1) is 15.8. The maximum Gasteiger partial charge on any atom is 0.309 e. The molecule has 1 aromatic heterocycles. The number of carboxylic acids is 1. The van der Waals surface area contributed by atoms with Gasteiger partial charge in [-0.3, -0.25) is 9.59 Å². The van der Waals surface area contributed by atoms with Crippen molar-refractivity contribution >= 4 is 11.8 Å². The molecular formula is C17H19NO4. The quantitative estimate of drug-likeness (QED) is 0.862. The van der Waals surface area contributed by atoms with Crippen LogP contribution < -0.4 is 4.74 Å². The van der Waals surface area contributed by atoms with Crippen molar-refractivity contribution in [2.45, 2.75) is 20.3 Å². The molecule has 5 nitrogen and oxygen atoms in total. The predicted octanol–water partition coefficient (Wildman–Crippen LogP) is 2.51. The van der Waals surface area contributed by atoms with Crippen molar-refractivity contribution in [2.24, 2.45) is 7.05 Å². The molecule has 2 rings (SSSR count). The van der Waals surface area contributed by atoms with Gasteiger partial charge in [0.15, 0.2) is 0 Å². The van der Waals surface area contributed by atoms with Gasteiger partial charge in [-0.15, -0.1) is 0 Å². The fraction of sp³-hybridized carbons (Fsp3) is 0.294. The number of aromatic nitrogens is 1. The molecule has 0 unspecified atom stereocenters. The summed E-state index contributed by atoms with van der Waals surface area (Å²) < 4.78 is 6.85. The molecular weight excluding hydrogens is 282 g/mol. The second kappa shape index (κ2) is 6.05. The van der Waals surface area contributed by atoms with Gasteiger partial charge in [-0.25, -0.2) is 0 Å². The molecule has 0 aliphatic rings. The maximum absolute atomic E-state index is 12.8. The first-order valence-corrected chi connectivity index (χ1v) is 6.91. The molecule has 0 fully saturated rings. The summed E-state index contributed by atoms with van der Waals surface area (Å²) in [7, 11) is 3.15. The van der Waals surface area contributed by atoms with Crippen LogP contribution in [0.25, 0.3) is 0 Å². The number of hydrogen-bond acceptors (Lipinski definition) is 3. The third kappa shape index (κ3) is 2.88. The van der Waals surface area contributed by atoms with Gasteiger partial charge in [-0.1, -0.05) is 23.8 Å².